The molecular weight excluding hydrogens is 212 g/mol. The highest BCUT2D eigenvalue weighted by Gasteiger charge is 2.27. The van der Waals surface area contributed by atoms with Crippen LogP contribution in [-0.4, -0.2) is 49.3 Å². The maximum Gasteiger partial charge on any atom is 0.0615 e. The van der Waals surface area contributed by atoms with Crippen molar-refractivity contribution in [2.45, 2.75) is 64.6 Å². The monoisotopic (exact) mass is 242 g/mol. The lowest BCUT2D eigenvalue weighted by Crippen LogP contribution is -2.53. The lowest BCUT2D eigenvalue weighted by atomic mass is 9.99. The zero-order chi connectivity index (χ0) is 12.9. The van der Waals surface area contributed by atoms with Gasteiger partial charge in [0.1, 0.15) is 0 Å². The molecule has 3 nitrogen and oxygen atoms in total. The molecule has 1 rings (SSSR count). The third kappa shape index (κ3) is 5.36. The first-order chi connectivity index (χ1) is 7.94. The molecule has 1 N–H and O–H groups in total. The van der Waals surface area contributed by atoms with Crippen LogP contribution >= 0.6 is 0 Å². The smallest absolute Gasteiger partial charge is 0.0615 e. The summed E-state index contributed by atoms with van der Waals surface area (Å²) in [5.41, 5.74) is 0.216. The molecule has 1 heterocycles. The van der Waals surface area contributed by atoms with Crippen LogP contribution in [0.15, 0.2) is 0 Å². The highest BCUT2D eigenvalue weighted by Crippen LogP contribution is 2.19. The van der Waals surface area contributed by atoms with E-state index in [1.807, 2.05) is 0 Å². The second kappa shape index (κ2) is 6.72. The van der Waals surface area contributed by atoms with Gasteiger partial charge >= 0.3 is 0 Å². The molecule has 1 saturated heterocycles. The summed E-state index contributed by atoms with van der Waals surface area (Å²) in [6.45, 7) is 12.1. The summed E-state index contributed by atoms with van der Waals surface area (Å²) in [5.74, 6) is 0. The van der Waals surface area contributed by atoms with E-state index in [2.05, 4.69) is 37.9 Å². The molecule has 0 aromatic carbocycles. The van der Waals surface area contributed by atoms with E-state index in [1.165, 1.54) is 25.8 Å². The molecule has 1 aliphatic heterocycles. The second-order valence-corrected chi connectivity index (χ2v) is 6.32. The lowest BCUT2D eigenvalue weighted by Gasteiger charge is -2.41. The van der Waals surface area contributed by atoms with Crippen LogP contribution in [0.25, 0.3) is 0 Å². The van der Waals surface area contributed by atoms with Crippen LogP contribution in [0.3, 0.4) is 0 Å². The van der Waals surface area contributed by atoms with Gasteiger partial charge in [-0.1, -0.05) is 6.42 Å². The minimum absolute atomic E-state index is 0.216. The molecule has 0 aromatic heterocycles. The van der Waals surface area contributed by atoms with Crippen molar-refractivity contribution in [1.82, 2.24) is 10.2 Å². The van der Waals surface area contributed by atoms with Crippen molar-refractivity contribution in [2.24, 2.45) is 0 Å². The molecule has 3 heteroatoms. The predicted octanol–water partition coefficient (Wildman–Crippen LogP) is 2.26. The Morgan fingerprint density at radius 1 is 1.35 bits per heavy atom. The van der Waals surface area contributed by atoms with Crippen molar-refractivity contribution in [1.29, 1.82) is 0 Å². The molecule has 2 unspecified atom stereocenters. The van der Waals surface area contributed by atoms with Crippen molar-refractivity contribution in [3.05, 3.63) is 0 Å². The number of ether oxygens (including phenoxy) is 1. The molecule has 1 aliphatic rings. The van der Waals surface area contributed by atoms with Gasteiger partial charge in [-0.25, -0.2) is 0 Å². The number of nitrogens with zero attached hydrogens (tertiary/aromatic N) is 1. The summed E-state index contributed by atoms with van der Waals surface area (Å²) in [7, 11) is 1.79. The Hall–Kier alpha value is -0.120. The Morgan fingerprint density at radius 2 is 2.06 bits per heavy atom. The standard InChI is InChI=1S/C14H30N2O/c1-12(11-17-5)16-9-7-6-8-13(16)10-15-14(2,3)4/h12-13,15H,6-11H2,1-5H3. The van der Waals surface area contributed by atoms with Crippen LogP contribution in [0.5, 0.6) is 0 Å². The van der Waals surface area contributed by atoms with Gasteiger partial charge in [0.05, 0.1) is 6.61 Å². The van der Waals surface area contributed by atoms with Gasteiger partial charge in [0.2, 0.25) is 0 Å². The molecule has 102 valence electrons. The molecule has 1 fully saturated rings. The Morgan fingerprint density at radius 3 is 2.65 bits per heavy atom. The van der Waals surface area contributed by atoms with Crippen LogP contribution in [0.4, 0.5) is 0 Å². The number of piperidine rings is 1. The van der Waals surface area contributed by atoms with Crippen molar-refractivity contribution in [2.75, 3.05) is 26.8 Å². The number of hydrogen-bond acceptors (Lipinski definition) is 3. The minimum atomic E-state index is 0.216. The number of likely N-dealkylation sites (tertiary alicyclic amines) is 1. The molecule has 0 saturated carbocycles. The van der Waals surface area contributed by atoms with E-state index in [4.69, 9.17) is 4.74 Å². The van der Waals surface area contributed by atoms with Crippen LogP contribution in [0.1, 0.15) is 47.0 Å². The molecule has 0 amide bonds. The molecule has 0 radical (unpaired) electrons. The topological polar surface area (TPSA) is 24.5 Å². The van der Waals surface area contributed by atoms with Gasteiger partial charge in [-0.2, -0.15) is 0 Å². The number of methoxy groups -OCH3 is 1. The first-order valence-corrected chi connectivity index (χ1v) is 6.94. The average molecular weight is 242 g/mol. The summed E-state index contributed by atoms with van der Waals surface area (Å²) in [5, 5.41) is 3.64. The van der Waals surface area contributed by atoms with Crippen LogP contribution in [0.2, 0.25) is 0 Å². The van der Waals surface area contributed by atoms with E-state index in [9.17, 15) is 0 Å². The predicted molar refractivity (Wildman–Crippen MR) is 73.4 cm³/mol. The first-order valence-electron chi connectivity index (χ1n) is 6.94. The fraction of sp³-hybridized carbons (Fsp3) is 1.00. The lowest BCUT2D eigenvalue weighted by molar-refractivity contribution is 0.0466. The van der Waals surface area contributed by atoms with Gasteiger partial charge in [-0.05, 0) is 47.1 Å². The van der Waals surface area contributed by atoms with E-state index < -0.39 is 0 Å². The van der Waals surface area contributed by atoms with Gasteiger partial charge in [0, 0.05) is 31.3 Å². The summed E-state index contributed by atoms with van der Waals surface area (Å²) in [6.07, 6.45) is 4.02. The molecule has 2 atom stereocenters. The van der Waals surface area contributed by atoms with E-state index >= 15 is 0 Å². The average Bonchev–Trinajstić information content (AvgIpc) is 2.26. The third-order valence-electron chi connectivity index (χ3n) is 3.51. The Bertz CT molecular complexity index is 213. The van der Waals surface area contributed by atoms with E-state index in [0.717, 1.165) is 13.2 Å². The maximum atomic E-state index is 5.29. The van der Waals surface area contributed by atoms with Crippen LogP contribution in [-0.2, 0) is 4.74 Å². The normalized spacial score (nSPS) is 24.9. The number of rotatable bonds is 5. The summed E-state index contributed by atoms with van der Waals surface area (Å²) >= 11 is 0. The molecule has 0 bridgehead atoms. The Labute approximate surface area is 107 Å². The van der Waals surface area contributed by atoms with Crippen LogP contribution in [0, 0.1) is 0 Å². The van der Waals surface area contributed by atoms with Crippen molar-refractivity contribution in [3.63, 3.8) is 0 Å². The number of nitrogens with one attached hydrogen (secondary N) is 1. The highest BCUT2D eigenvalue weighted by atomic mass is 16.5. The second-order valence-electron chi connectivity index (χ2n) is 6.32. The Kier molecular flexibility index (Phi) is 5.90. The third-order valence-corrected chi connectivity index (χ3v) is 3.51. The fourth-order valence-electron chi connectivity index (χ4n) is 2.58. The summed E-state index contributed by atoms with van der Waals surface area (Å²) in [6, 6.07) is 1.21. The molecule has 0 spiro atoms. The molecule has 17 heavy (non-hydrogen) atoms. The number of hydrogen-bond donors (Lipinski definition) is 1. The van der Waals surface area contributed by atoms with Crippen molar-refractivity contribution < 1.29 is 4.74 Å². The maximum absolute atomic E-state index is 5.29. The van der Waals surface area contributed by atoms with Crippen molar-refractivity contribution in [3.8, 4) is 0 Å². The van der Waals surface area contributed by atoms with E-state index in [0.29, 0.717) is 12.1 Å². The minimum Gasteiger partial charge on any atom is -0.383 e. The molecular formula is C14H30N2O. The van der Waals surface area contributed by atoms with E-state index in [1.54, 1.807) is 7.11 Å². The first kappa shape index (κ1) is 14.9. The van der Waals surface area contributed by atoms with Crippen molar-refractivity contribution >= 4 is 0 Å². The highest BCUT2D eigenvalue weighted by molar-refractivity contribution is 4.84. The van der Waals surface area contributed by atoms with Gasteiger partial charge < -0.3 is 10.1 Å². The Balaban J connectivity index is 2.47. The SMILES string of the molecule is COCC(C)N1CCCCC1CNC(C)(C)C. The molecule has 0 aliphatic carbocycles. The van der Waals surface area contributed by atoms with Gasteiger partial charge in [0.25, 0.3) is 0 Å². The van der Waals surface area contributed by atoms with Gasteiger partial charge in [-0.15, -0.1) is 0 Å². The van der Waals surface area contributed by atoms with Gasteiger partial charge in [0.15, 0.2) is 0 Å². The van der Waals surface area contributed by atoms with E-state index in [-0.39, 0.29) is 5.54 Å². The quantitative estimate of drug-likeness (QED) is 0.800. The zero-order valence-electron chi connectivity index (χ0n) is 12.3. The fourth-order valence-corrected chi connectivity index (χ4v) is 2.58. The largest absolute Gasteiger partial charge is 0.383 e. The van der Waals surface area contributed by atoms with Crippen LogP contribution < -0.4 is 5.32 Å². The zero-order valence-corrected chi connectivity index (χ0v) is 12.3. The molecule has 0 aromatic rings. The summed E-state index contributed by atoms with van der Waals surface area (Å²) < 4.78 is 5.29. The van der Waals surface area contributed by atoms with Gasteiger partial charge in [-0.3, -0.25) is 4.90 Å². The summed E-state index contributed by atoms with van der Waals surface area (Å²) in [4.78, 5) is 2.62.